The molecule has 0 radical (unpaired) electrons. The molecule has 10 heteroatoms. The molecule has 1 N–H and O–H groups in total. The number of carbonyl (C=O) groups excluding carboxylic acids is 3. The first kappa shape index (κ1) is 31.0. The summed E-state index contributed by atoms with van der Waals surface area (Å²) in [6, 6.07) is 13.3. The lowest BCUT2D eigenvalue weighted by molar-refractivity contribution is -0.156. The smallest absolute Gasteiger partial charge is 0.307 e. The Morgan fingerprint density at radius 2 is 1.84 bits per heavy atom. The van der Waals surface area contributed by atoms with E-state index in [1.165, 1.54) is 17.4 Å². The molecule has 1 aliphatic rings. The fraction of sp³-hybridized carbons (Fsp3) is 0.333. The number of para-hydroxylation sites is 1. The van der Waals surface area contributed by atoms with Crippen LogP contribution in [0.4, 0.5) is 0 Å². The molecule has 2 amide bonds. The number of carbonyl (C=O) groups is 3. The lowest BCUT2D eigenvalue weighted by Crippen LogP contribution is -2.47. The van der Waals surface area contributed by atoms with Crippen molar-refractivity contribution >= 4 is 79.4 Å². The van der Waals surface area contributed by atoms with Gasteiger partial charge in [0.2, 0.25) is 11.8 Å². The SMILES string of the molecule is CC(C)(C)OC(=O)CC(C(=O)NC1CCN(C(=O)C=Cc2cc3ccsc3c(Cl)c2Cl)CC1)c1cnc2ccccc2c1. The molecule has 0 bridgehead atoms. The van der Waals surface area contributed by atoms with Crippen molar-refractivity contribution in [1.82, 2.24) is 15.2 Å². The summed E-state index contributed by atoms with van der Waals surface area (Å²) in [5, 5.41) is 7.85. The Morgan fingerprint density at radius 3 is 2.58 bits per heavy atom. The van der Waals surface area contributed by atoms with E-state index in [0.717, 1.165) is 21.0 Å². The maximum atomic E-state index is 13.6. The number of nitrogens with one attached hydrogen (secondary N) is 1. The van der Waals surface area contributed by atoms with Crippen molar-refractivity contribution in [2.45, 2.75) is 57.6 Å². The van der Waals surface area contributed by atoms with Crippen LogP contribution in [0.15, 0.2) is 60.1 Å². The van der Waals surface area contributed by atoms with Crippen LogP contribution in [0.1, 0.15) is 57.1 Å². The van der Waals surface area contributed by atoms with Gasteiger partial charge in [0.05, 0.1) is 32.6 Å². The summed E-state index contributed by atoms with van der Waals surface area (Å²) in [7, 11) is 0. The second-order valence-electron chi connectivity index (χ2n) is 11.7. The molecule has 4 aromatic rings. The Bertz CT molecular complexity index is 1700. The molecule has 3 heterocycles. The fourth-order valence-corrected chi connectivity index (χ4v) is 6.63. The number of hydrogen-bond acceptors (Lipinski definition) is 6. The zero-order valence-electron chi connectivity index (χ0n) is 24.2. The lowest BCUT2D eigenvalue weighted by atomic mass is 9.93. The van der Waals surface area contributed by atoms with Crippen LogP contribution in [0.2, 0.25) is 10.0 Å². The van der Waals surface area contributed by atoms with Crippen molar-refractivity contribution in [2.24, 2.45) is 0 Å². The highest BCUT2D eigenvalue weighted by molar-refractivity contribution is 7.18. The fourth-order valence-electron chi connectivity index (χ4n) is 5.19. The monoisotopic (exact) mass is 637 g/mol. The summed E-state index contributed by atoms with van der Waals surface area (Å²) < 4.78 is 6.46. The molecule has 224 valence electrons. The predicted octanol–water partition coefficient (Wildman–Crippen LogP) is 7.39. The van der Waals surface area contributed by atoms with Crippen molar-refractivity contribution in [3.05, 3.63) is 81.3 Å². The van der Waals surface area contributed by atoms with E-state index in [1.807, 2.05) is 47.8 Å². The van der Waals surface area contributed by atoms with Gasteiger partial charge < -0.3 is 15.0 Å². The Labute approximate surface area is 264 Å². The zero-order chi connectivity index (χ0) is 30.7. The number of rotatable bonds is 7. The van der Waals surface area contributed by atoms with Crippen molar-refractivity contribution in [2.75, 3.05) is 13.1 Å². The van der Waals surface area contributed by atoms with E-state index in [-0.39, 0.29) is 24.3 Å². The number of benzene rings is 2. The van der Waals surface area contributed by atoms with Gasteiger partial charge in [-0.05, 0) is 85.8 Å². The molecule has 5 rings (SSSR count). The number of thiophene rings is 1. The van der Waals surface area contributed by atoms with Crippen molar-refractivity contribution in [1.29, 1.82) is 0 Å². The van der Waals surface area contributed by atoms with Gasteiger partial charge in [-0.2, -0.15) is 0 Å². The van der Waals surface area contributed by atoms with Crippen LogP contribution in [0.25, 0.3) is 27.1 Å². The van der Waals surface area contributed by atoms with Crippen molar-refractivity contribution in [3.63, 3.8) is 0 Å². The normalized spacial score (nSPS) is 15.2. The van der Waals surface area contributed by atoms with Crippen LogP contribution >= 0.6 is 34.5 Å². The van der Waals surface area contributed by atoms with Crippen LogP contribution in [-0.2, 0) is 19.1 Å². The highest BCUT2D eigenvalue weighted by Gasteiger charge is 2.30. The van der Waals surface area contributed by atoms with E-state index in [4.69, 9.17) is 27.9 Å². The first-order chi connectivity index (χ1) is 20.5. The number of ether oxygens (including phenoxy) is 1. The van der Waals surface area contributed by atoms with Gasteiger partial charge in [-0.15, -0.1) is 11.3 Å². The molecule has 1 aliphatic heterocycles. The molecule has 0 spiro atoms. The van der Waals surface area contributed by atoms with Crippen LogP contribution in [-0.4, -0.2) is 52.4 Å². The van der Waals surface area contributed by atoms with Gasteiger partial charge in [-0.3, -0.25) is 19.4 Å². The van der Waals surface area contributed by atoms with Crippen LogP contribution in [0, 0.1) is 0 Å². The van der Waals surface area contributed by atoms with E-state index < -0.39 is 17.5 Å². The topological polar surface area (TPSA) is 88.6 Å². The minimum absolute atomic E-state index is 0.102. The molecular weight excluding hydrogens is 605 g/mol. The number of nitrogens with zero attached hydrogens (tertiary/aromatic N) is 2. The van der Waals surface area contributed by atoms with E-state index in [1.54, 1.807) is 37.9 Å². The Kier molecular flexibility index (Phi) is 9.39. The summed E-state index contributed by atoms with van der Waals surface area (Å²) in [5.74, 6) is -1.60. The summed E-state index contributed by atoms with van der Waals surface area (Å²) in [4.78, 5) is 45.6. The summed E-state index contributed by atoms with van der Waals surface area (Å²) in [5.41, 5.74) is 1.49. The first-order valence-electron chi connectivity index (χ1n) is 14.2. The molecule has 1 fully saturated rings. The average molecular weight is 639 g/mol. The van der Waals surface area contributed by atoms with Gasteiger partial charge in [0.25, 0.3) is 0 Å². The van der Waals surface area contributed by atoms with Gasteiger partial charge in [-0.25, -0.2) is 0 Å². The Balaban J connectivity index is 1.23. The highest BCUT2D eigenvalue weighted by Crippen LogP contribution is 2.37. The molecule has 0 aliphatic carbocycles. The molecule has 2 aromatic carbocycles. The molecule has 0 saturated carbocycles. The maximum absolute atomic E-state index is 13.6. The molecule has 1 unspecified atom stereocenters. The second kappa shape index (κ2) is 13.0. The van der Waals surface area contributed by atoms with E-state index >= 15 is 0 Å². The molecule has 7 nitrogen and oxygen atoms in total. The summed E-state index contributed by atoms with van der Waals surface area (Å²) in [6.45, 7) is 6.37. The standard InChI is InChI=1S/C33H33Cl2N3O4S/c1-33(2,3)42-28(40)18-25(23-16-20-6-4-5-7-26(20)36-19-23)32(41)37-24-10-13-38(14-11-24)27(39)9-8-21-17-22-12-15-43-31(22)30(35)29(21)34/h4-9,12,15-17,19,24-25H,10-11,13-14,18H2,1-3H3,(H,37,41). The second-order valence-corrected chi connectivity index (χ2v) is 13.4. The zero-order valence-corrected chi connectivity index (χ0v) is 26.6. The Hall–Kier alpha value is -3.46. The van der Waals surface area contributed by atoms with Gasteiger partial charge >= 0.3 is 5.97 Å². The Morgan fingerprint density at radius 1 is 1.09 bits per heavy atom. The average Bonchev–Trinajstić information content (AvgIpc) is 3.45. The molecule has 1 saturated heterocycles. The third-order valence-electron chi connectivity index (χ3n) is 7.33. The number of hydrogen-bond donors (Lipinski definition) is 1. The number of pyridine rings is 1. The number of aromatic nitrogens is 1. The summed E-state index contributed by atoms with van der Waals surface area (Å²) in [6.07, 6.45) is 5.94. The lowest BCUT2D eigenvalue weighted by Gasteiger charge is -2.32. The van der Waals surface area contributed by atoms with Crippen molar-refractivity contribution in [3.8, 4) is 0 Å². The maximum Gasteiger partial charge on any atom is 0.307 e. The van der Waals surface area contributed by atoms with E-state index in [0.29, 0.717) is 47.1 Å². The first-order valence-corrected chi connectivity index (χ1v) is 15.8. The van der Waals surface area contributed by atoms with Crippen LogP contribution < -0.4 is 5.32 Å². The quantitative estimate of drug-likeness (QED) is 0.169. The molecule has 43 heavy (non-hydrogen) atoms. The molecule has 1 atom stereocenters. The molecular formula is C33H33Cl2N3O4S. The minimum atomic E-state index is -0.758. The van der Waals surface area contributed by atoms with Crippen LogP contribution in [0.3, 0.4) is 0 Å². The number of halogens is 2. The third kappa shape index (κ3) is 7.55. The number of fused-ring (bicyclic) bond motifs is 2. The van der Waals surface area contributed by atoms with Gasteiger partial charge in [0.15, 0.2) is 0 Å². The largest absolute Gasteiger partial charge is 0.460 e. The number of piperidine rings is 1. The number of esters is 1. The summed E-state index contributed by atoms with van der Waals surface area (Å²) >= 11 is 14.4. The minimum Gasteiger partial charge on any atom is -0.460 e. The van der Waals surface area contributed by atoms with Gasteiger partial charge in [0.1, 0.15) is 5.60 Å². The third-order valence-corrected chi connectivity index (χ3v) is 9.27. The van der Waals surface area contributed by atoms with Gasteiger partial charge in [-0.1, -0.05) is 41.4 Å². The number of amides is 2. The van der Waals surface area contributed by atoms with E-state index in [2.05, 4.69) is 10.3 Å². The number of likely N-dealkylation sites (tertiary alicyclic amines) is 1. The van der Waals surface area contributed by atoms with Crippen LogP contribution in [0.5, 0.6) is 0 Å². The van der Waals surface area contributed by atoms with Gasteiger partial charge in [0, 0.05) is 36.8 Å². The van der Waals surface area contributed by atoms with E-state index in [9.17, 15) is 14.4 Å². The predicted molar refractivity (Wildman–Crippen MR) is 174 cm³/mol. The van der Waals surface area contributed by atoms with Crippen molar-refractivity contribution < 1.29 is 19.1 Å². The highest BCUT2D eigenvalue weighted by atomic mass is 35.5. The molecule has 2 aromatic heterocycles.